The highest BCUT2D eigenvalue weighted by Gasteiger charge is 2.33. The summed E-state index contributed by atoms with van der Waals surface area (Å²) in [4.78, 5) is 4.41. The summed E-state index contributed by atoms with van der Waals surface area (Å²) in [6.07, 6.45) is 6.64. The Morgan fingerprint density at radius 1 is 1.24 bits per heavy atom. The average molecular weight is 289 g/mol. The maximum Gasteiger partial charge on any atom is 0.227 e. The maximum absolute atomic E-state index is 13.2. The van der Waals surface area contributed by atoms with Gasteiger partial charge in [0.15, 0.2) is 0 Å². The largest absolute Gasteiger partial charge is 0.339 e. The van der Waals surface area contributed by atoms with Crippen molar-refractivity contribution in [2.45, 2.75) is 38.5 Å². The van der Waals surface area contributed by atoms with Gasteiger partial charge in [0.1, 0.15) is 5.82 Å². The first-order chi connectivity index (χ1) is 10.2. The lowest BCUT2D eigenvalue weighted by Gasteiger charge is -2.34. The fraction of sp³-hybridized carbons (Fsp3) is 0.500. The van der Waals surface area contributed by atoms with Crippen LogP contribution in [0.5, 0.6) is 0 Å². The minimum absolute atomic E-state index is 0.0873. The van der Waals surface area contributed by atoms with E-state index < -0.39 is 0 Å². The van der Waals surface area contributed by atoms with Gasteiger partial charge in [-0.2, -0.15) is 4.98 Å². The van der Waals surface area contributed by atoms with Crippen LogP contribution in [-0.4, -0.2) is 16.7 Å². The van der Waals surface area contributed by atoms with E-state index in [1.54, 1.807) is 12.1 Å². The zero-order valence-electron chi connectivity index (χ0n) is 12.0. The van der Waals surface area contributed by atoms with Gasteiger partial charge in [-0.1, -0.05) is 36.6 Å². The van der Waals surface area contributed by atoms with Crippen molar-refractivity contribution in [2.24, 2.45) is 11.1 Å². The fourth-order valence-corrected chi connectivity index (χ4v) is 3.15. The molecule has 1 aliphatic carbocycles. The Morgan fingerprint density at radius 3 is 2.76 bits per heavy atom. The van der Waals surface area contributed by atoms with E-state index in [1.807, 2.05) is 0 Å². The summed E-state index contributed by atoms with van der Waals surface area (Å²) in [6, 6.07) is 6.23. The van der Waals surface area contributed by atoms with Crippen LogP contribution in [0.15, 0.2) is 28.8 Å². The highest BCUT2D eigenvalue weighted by atomic mass is 19.1. The third-order valence-corrected chi connectivity index (χ3v) is 4.42. The minimum atomic E-state index is -0.301. The number of rotatable bonds is 4. The van der Waals surface area contributed by atoms with E-state index in [2.05, 4.69) is 10.1 Å². The molecule has 21 heavy (non-hydrogen) atoms. The van der Waals surface area contributed by atoms with Crippen LogP contribution in [0.3, 0.4) is 0 Å². The van der Waals surface area contributed by atoms with Crippen LogP contribution in [0, 0.1) is 11.2 Å². The third-order valence-electron chi connectivity index (χ3n) is 4.42. The van der Waals surface area contributed by atoms with E-state index in [-0.39, 0.29) is 11.2 Å². The summed E-state index contributed by atoms with van der Waals surface area (Å²) in [5.41, 5.74) is 6.71. The molecule has 0 bridgehead atoms. The van der Waals surface area contributed by atoms with E-state index in [0.717, 1.165) is 12.8 Å². The maximum atomic E-state index is 13.2. The summed E-state index contributed by atoms with van der Waals surface area (Å²) in [5, 5.41) is 3.96. The molecular formula is C16H20FN3O. The van der Waals surface area contributed by atoms with Crippen molar-refractivity contribution in [3.05, 3.63) is 36.0 Å². The second kappa shape index (κ2) is 5.93. The minimum Gasteiger partial charge on any atom is -0.339 e. The molecule has 1 fully saturated rings. The fourth-order valence-electron chi connectivity index (χ4n) is 3.15. The normalized spacial score (nSPS) is 17.8. The topological polar surface area (TPSA) is 64.9 Å². The summed E-state index contributed by atoms with van der Waals surface area (Å²) >= 11 is 0. The van der Waals surface area contributed by atoms with Gasteiger partial charge in [-0.25, -0.2) is 4.39 Å². The highest BCUT2D eigenvalue weighted by molar-refractivity contribution is 5.53. The lowest BCUT2D eigenvalue weighted by molar-refractivity contribution is 0.177. The number of hydrogen-bond acceptors (Lipinski definition) is 4. The summed E-state index contributed by atoms with van der Waals surface area (Å²) < 4.78 is 18.6. The van der Waals surface area contributed by atoms with Crippen LogP contribution < -0.4 is 5.73 Å². The standard InChI is InChI=1S/C16H20FN3O/c17-13-6-4-5-12(9-13)15-19-14(21-20-15)10-16(11-18)7-2-1-3-8-16/h4-6,9H,1-3,7-8,10-11,18H2. The van der Waals surface area contributed by atoms with Gasteiger partial charge < -0.3 is 10.3 Å². The Balaban J connectivity index is 1.78. The molecular weight excluding hydrogens is 269 g/mol. The number of nitrogens with two attached hydrogens (primary N) is 1. The Hall–Kier alpha value is -1.75. The van der Waals surface area contributed by atoms with Crippen molar-refractivity contribution in [1.29, 1.82) is 0 Å². The monoisotopic (exact) mass is 289 g/mol. The molecule has 1 saturated carbocycles. The van der Waals surface area contributed by atoms with Crippen LogP contribution >= 0.6 is 0 Å². The Labute approximate surface area is 123 Å². The lowest BCUT2D eigenvalue weighted by atomic mass is 9.72. The number of benzene rings is 1. The van der Waals surface area contributed by atoms with E-state index in [0.29, 0.717) is 30.2 Å². The van der Waals surface area contributed by atoms with E-state index >= 15 is 0 Å². The first kappa shape index (κ1) is 14.2. The summed E-state index contributed by atoms with van der Waals surface area (Å²) in [5.74, 6) is 0.735. The molecule has 1 heterocycles. The summed E-state index contributed by atoms with van der Waals surface area (Å²) in [7, 11) is 0. The number of aromatic nitrogens is 2. The molecule has 112 valence electrons. The van der Waals surface area contributed by atoms with Gasteiger partial charge in [0.25, 0.3) is 0 Å². The van der Waals surface area contributed by atoms with E-state index in [1.165, 1.54) is 31.4 Å². The van der Waals surface area contributed by atoms with Crippen LogP contribution in [0.4, 0.5) is 4.39 Å². The molecule has 0 radical (unpaired) electrons. The Morgan fingerprint density at radius 2 is 2.05 bits per heavy atom. The van der Waals surface area contributed by atoms with Crippen molar-refractivity contribution in [3.8, 4) is 11.4 Å². The average Bonchev–Trinajstić information content (AvgIpc) is 2.96. The van der Waals surface area contributed by atoms with Gasteiger partial charge in [0, 0.05) is 12.0 Å². The third kappa shape index (κ3) is 3.13. The molecule has 0 saturated heterocycles. The van der Waals surface area contributed by atoms with Crippen LogP contribution in [0.1, 0.15) is 38.0 Å². The molecule has 0 spiro atoms. The van der Waals surface area contributed by atoms with Crippen LogP contribution in [0.2, 0.25) is 0 Å². The quantitative estimate of drug-likeness (QED) is 0.937. The molecule has 3 rings (SSSR count). The van der Waals surface area contributed by atoms with Crippen molar-refractivity contribution >= 4 is 0 Å². The molecule has 0 aliphatic heterocycles. The van der Waals surface area contributed by atoms with Crippen LogP contribution in [0.25, 0.3) is 11.4 Å². The zero-order valence-corrected chi connectivity index (χ0v) is 12.0. The number of nitrogens with zero attached hydrogens (tertiary/aromatic N) is 2. The Kier molecular flexibility index (Phi) is 4.01. The van der Waals surface area contributed by atoms with Crippen molar-refractivity contribution in [1.82, 2.24) is 10.1 Å². The Bertz CT molecular complexity index is 605. The highest BCUT2D eigenvalue weighted by Crippen LogP contribution is 2.38. The van der Waals surface area contributed by atoms with Gasteiger partial charge in [-0.3, -0.25) is 0 Å². The molecule has 4 nitrogen and oxygen atoms in total. The molecule has 2 N–H and O–H groups in total. The SMILES string of the molecule is NCC1(Cc2nc(-c3cccc(F)c3)no2)CCCCC1. The second-order valence-corrected chi connectivity index (χ2v) is 5.96. The van der Waals surface area contributed by atoms with Gasteiger partial charge in [-0.05, 0) is 36.9 Å². The molecule has 2 aromatic rings. The van der Waals surface area contributed by atoms with E-state index in [9.17, 15) is 4.39 Å². The predicted octanol–water partition coefficient (Wildman–Crippen LogP) is 3.33. The zero-order chi connectivity index (χ0) is 14.7. The van der Waals surface area contributed by atoms with Gasteiger partial charge >= 0.3 is 0 Å². The molecule has 0 atom stereocenters. The van der Waals surface area contributed by atoms with Crippen LogP contribution in [-0.2, 0) is 6.42 Å². The lowest BCUT2D eigenvalue weighted by Crippen LogP contribution is -2.35. The molecule has 1 aromatic carbocycles. The van der Waals surface area contributed by atoms with Gasteiger partial charge in [-0.15, -0.1) is 0 Å². The first-order valence-electron chi connectivity index (χ1n) is 7.49. The second-order valence-electron chi connectivity index (χ2n) is 5.96. The molecule has 5 heteroatoms. The summed E-state index contributed by atoms with van der Waals surface area (Å²) in [6.45, 7) is 0.644. The number of halogens is 1. The smallest absolute Gasteiger partial charge is 0.227 e. The first-order valence-corrected chi connectivity index (χ1v) is 7.49. The van der Waals surface area contributed by atoms with Crippen molar-refractivity contribution in [3.63, 3.8) is 0 Å². The van der Waals surface area contributed by atoms with Crippen molar-refractivity contribution in [2.75, 3.05) is 6.54 Å². The molecule has 1 aliphatic rings. The van der Waals surface area contributed by atoms with Gasteiger partial charge in [0.05, 0.1) is 0 Å². The molecule has 1 aromatic heterocycles. The molecule has 0 unspecified atom stereocenters. The predicted molar refractivity (Wildman–Crippen MR) is 78.0 cm³/mol. The van der Waals surface area contributed by atoms with Gasteiger partial charge in [0.2, 0.25) is 11.7 Å². The van der Waals surface area contributed by atoms with E-state index in [4.69, 9.17) is 10.3 Å². The number of hydrogen-bond donors (Lipinski definition) is 1. The van der Waals surface area contributed by atoms with Crippen molar-refractivity contribution < 1.29 is 8.91 Å². The molecule has 0 amide bonds.